The third-order valence-corrected chi connectivity index (χ3v) is 4.48. The number of imidazole rings is 1. The molecule has 1 aliphatic rings. The largest absolute Gasteiger partial charge is 0.394 e. The number of fused-ring (bicyclic) bond motifs is 1. The molecule has 5 N–H and O–H groups in total. The Kier molecular flexibility index (Phi) is 5.04. The van der Waals surface area contributed by atoms with Gasteiger partial charge in [-0.1, -0.05) is 6.92 Å². The van der Waals surface area contributed by atoms with Crippen molar-refractivity contribution in [2.24, 2.45) is 0 Å². The van der Waals surface area contributed by atoms with Gasteiger partial charge in [-0.15, -0.1) is 0 Å². The number of anilines is 2. The molecule has 1 fully saturated rings. The number of ether oxygens (including phenoxy) is 2. The number of nitrogen functional groups attached to an aromatic ring is 1. The lowest BCUT2D eigenvalue weighted by atomic mass is 10.1. The standard InChI is InChI=1S/C15H24N6O4/c1-4-7(2)18-15-19-12(16)9-13(20-15)21(6-17-9)14-11(24-3)10(23)8(5-22)25-14/h6-8,10-11,14,22-23H,4-5H2,1-3H3,(H3,16,18,19,20)/t7-,8+,10+,11+,14-/m0/s1. The molecule has 25 heavy (non-hydrogen) atoms. The molecule has 0 spiro atoms. The summed E-state index contributed by atoms with van der Waals surface area (Å²) in [5.41, 5.74) is 6.91. The average Bonchev–Trinajstić information content (AvgIpc) is 3.15. The number of methoxy groups -OCH3 is 1. The number of hydrogen-bond donors (Lipinski definition) is 4. The Morgan fingerprint density at radius 3 is 2.88 bits per heavy atom. The number of hydrogen-bond acceptors (Lipinski definition) is 9. The maximum Gasteiger partial charge on any atom is 0.226 e. The summed E-state index contributed by atoms with van der Waals surface area (Å²) < 4.78 is 12.7. The van der Waals surface area contributed by atoms with Gasteiger partial charge in [-0.3, -0.25) is 4.57 Å². The van der Waals surface area contributed by atoms with Crippen LogP contribution in [0.2, 0.25) is 0 Å². The highest BCUT2D eigenvalue weighted by molar-refractivity contribution is 5.83. The number of aromatic nitrogens is 4. The second-order valence-corrected chi connectivity index (χ2v) is 6.15. The highest BCUT2D eigenvalue weighted by atomic mass is 16.6. The SMILES string of the molecule is CC[C@H](C)Nc1nc(N)c2ncn([C@H]3O[C@H](CO)[C@@H](O)[C@H]3OC)c2n1. The smallest absolute Gasteiger partial charge is 0.226 e. The van der Waals surface area contributed by atoms with Crippen LogP contribution in [0.3, 0.4) is 0 Å². The van der Waals surface area contributed by atoms with Gasteiger partial charge in [0.05, 0.1) is 12.9 Å². The summed E-state index contributed by atoms with van der Waals surface area (Å²) in [6.07, 6.45) is -0.642. The quantitative estimate of drug-likeness (QED) is 0.560. The molecule has 5 atom stereocenters. The molecule has 0 saturated carbocycles. The molecule has 1 aliphatic heterocycles. The van der Waals surface area contributed by atoms with Crippen molar-refractivity contribution in [3.8, 4) is 0 Å². The van der Waals surface area contributed by atoms with E-state index >= 15 is 0 Å². The summed E-state index contributed by atoms with van der Waals surface area (Å²) in [4.78, 5) is 13.0. The molecule has 0 bridgehead atoms. The molecule has 0 unspecified atom stereocenters. The van der Waals surface area contributed by atoms with E-state index in [1.165, 1.54) is 13.4 Å². The van der Waals surface area contributed by atoms with Crippen LogP contribution < -0.4 is 11.1 Å². The number of aliphatic hydroxyl groups is 2. The first-order valence-electron chi connectivity index (χ1n) is 8.23. The van der Waals surface area contributed by atoms with Crippen molar-refractivity contribution < 1.29 is 19.7 Å². The zero-order chi connectivity index (χ0) is 18.1. The number of nitrogens with zero attached hydrogens (tertiary/aromatic N) is 4. The molecule has 0 aliphatic carbocycles. The van der Waals surface area contributed by atoms with Gasteiger partial charge in [-0.05, 0) is 13.3 Å². The maximum absolute atomic E-state index is 10.2. The lowest BCUT2D eigenvalue weighted by Gasteiger charge is -2.20. The van der Waals surface area contributed by atoms with Gasteiger partial charge in [0.25, 0.3) is 0 Å². The van der Waals surface area contributed by atoms with Gasteiger partial charge in [-0.25, -0.2) is 4.98 Å². The van der Waals surface area contributed by atoms with E-state index in [1.54, 1.807) is 4.57 Å². The molecule has 3 heterocycles. The Bertz CT molecular complexity index is 738. The number of aliphatic hydroxyl groups excluding tert-OH is 2. The molecule has 2 aromatic heterocycles. The van der Waals surface area contributed by atoms with Crippen LogP contribution in [0.4, 0.5) is 11.8 Å². The molecule has 138 valence electrons. The van der Waals surface area contributed by atoms with Gasteiger partial charge in [0.15, 0.2) is 17.7 Å². The van der Waals surface area contributed by atoms with Crippen LogP contribution in [0.1, 0.15) is 26.5 Å². The van der Waals surface area contributed by atoms with Crippen LogP contribution in [-0.4, -0.2) is 67.8 Å². The van der Waals surface area contributed by atoms with Crippen molar-refractivity contribution in [1.82, 2.24) is 19.5 Å². The predicted octanol–water partition coefficient (Wildman–Crippen LogP) is -0.115. The molecule has 1 saturated heterocycles. The van der Waals surface area contributed by atoms with E-state index < -0.39 is 24.5 Å². The van der Waals surface area contributed by atoms with E-state index in [4.69, 9.17) is 15.2 Å². The van der Waals surface area contributed by atoms with E-state index in [-0.39, 0.29) is 18.5 Å². The maximum atomic E-state index is 10.2. The van der Waals surface area contributed by atoms with Gasteiger partial charge in [0.2, 0.25) is 5.95 Å². The van der Waals surface area contributed by atoms with E-state index in [0.717, 1.165) is 6.42 Å². The minimum atomic E-state index is -0.964. The zero-order valence-corrected chi connectivity index (χ0v) is 14.5. The van der Waals surface area contributed by atoms with Crippen LogP contribution >= 0.6 is 0 Å². The molecule has 10 nitrogen and oxygen atoms in total. The van der Waals surface area contributed by atoms with Crippen LogP contribution in [-0.2, 0) is 9.47 Å². The first-order valence-corrected chi connectivity index (χ1v) is 8.23. The molecule has 10 heteroatoms. The Morgan fingerprint density at radius 1 is 1.48 bits per heavy atom. The normalized spacial score (nSPS) is 27.7. The van der Waals surface area contributed by atoms with Crippen molar-refractivity contribution in [1.29, 1.82) is 0 Å². The fourth-order valence-corrected chi connectivity index (χ4v) is 2.86. The van der Waals surface area contributed by atoms with E-state index in [9.17, 15) is 10.2 Å². The Labute approximate surface area is 145 Å². The minimum Gasteiger partial charge on any atom is -0.394 e. The molecule has 0 radical (unpaired) electrons. The second kappa shape index (κ2) is 7.08. The van der Waals surface area contributed by atoms with E-state index in [1.807, 2.05) is 6.92 Å². The summed E-state index contributed by atoms with van der Waals surface area (Å²) >= 11 is 0. The van der Waals surface area contributed by atoms with Gasteiger partial charge < -0.3 is 30.7 Å². The second-order valence-electron chi connectivity index (χ2n) is 6.15. The molecule has 0 aromatic carbocycles. The van der Waals surface area contributed by atoms with Gasteiger partial charge in [-0.2, -0.15) is 9.97 Å². The summed E-state index contributed by atoms with van der Waals surface area (Å²) in [7, 11) is 1.47. The molecular formula is C15H24N6O4. The van der Waals surface area contributed by atoms with Crippen molar-refractivity contribution in [3.05, 3.63) is 6.33 Å². The highest BCUT2D eigenvalue weighted by Gasteiger charge is 2.45. The first kappa shape index (κ1) is 17.8. The van der Waals surface area contributed by atoms with Crippen molar-refractivity contribution >= 4 is 22.9 Å². The van der Waals surface area contributed by atoms with E-state index in [0.29, 0.717) is 17.1 Å². The van der Waals surface area contributed by atoms with Crippen LogP contribution in [0.5, 0.6) is 0 Å². The molecule has 0 amide bonds. The van der Waals surface area contributed by atoms with Crippen LogP contribution in [0.25, 0.3) is 11.2 Å². The monoisotopic (exact) mass is 352 g/mol. The Balaban J connectivity index is 2.01. The number of nitrogens with one attached hydrogen (secondary N) is 1. The Morgan fingerprint density at radius 2 is 2.24 bits per heavy atom. The fraction of sp³-hybridized carbons (Fsp3) is 0.667. The van der Waals surface area contributed by atoms with Gasteiger partial charge in [0, 0.05) is 13.2 Å². The van der Waals surface area contributed by atoms with Crippen LogP contribution in [0, 0.1) is 0 Å². The molecule has 2 aromatic rings. The minimum absolute atomic E-state index is 0.184. The fourth-order valence-electron chi connectivity index (χ4n) is 2.86. The topological polar surface area (TPSA) is 141 Å². The summed E-state index contributed by atoms with van der Waals surface area (Å²) in [5, 5.41) is 22.8. The third-order valence-electron chi connectivity index (χ3n) is 4.48. The Hall–Kier alpha value is -2.01. The lowest BCUT2D eigenvalue weighted by molar-refractivity contribution is -0.0583. The van der Waals surface area contributed by atoms with Gasteiger partial charge in [0.1, 0.15) is 23.8 Å². The summed E-state index contributed by atoms with van der Waals surface area (Å²) in [6, 6.07) is 0.184. The van der Waals surface area contributed by atoms with Crippen molar-refractivity contribution in [2.45, 2.75) is 50.8 Å². The average molecular weight is 352 g/mol. The van der Waals surface area contributed by atoms with E-state index in [2.05, 4.69) is 27.2 Å². The summed E-state index contributed by atoms with van der Waals surface area (Å²) in [6.45, 7) is 3.75. The number of nitrogens with two attached hydrogens (primary N) is 1. The number of rotatable bonds is 6. The zero-order valence-electron chi connectivity index (χ0n) is 14.5. The van der Waals surface area contributed by atoms with Gasteiger partial charge >= 0.3 is 0 Å². The van der Waals surface area contributed by atoms with Crippen molar-refractivity contribution in [2.75, 3.05) is 24.8 Å². The highest BCUT2D eigenvalue weighted by Crippen LogP contribution is 2.33. The first-order chi connectivity index (χ1) is 12.0. The predicted molar refractivity (Wildman–Crippen MR) is 90.9 cm³/mol. The van der Waals surface area contributed by atoms with Crippen LogP contribution in [0.15, 0.2) is 6.33 Å². The lowest BCUT2D eigenvalue weighted by Crippen LogP contribution is -2.34. The third kappa shape index (κ3) is 3.13. The summed E-state index contributed by atoms with van der Waals surface area (Å²) in [5.74, 6) is 0.646. The molecular weight excluding hydrogens is 328 g/mol. The molecule has 3 rings (SSSR count). The van der Waals surface area contributed by atoms with Crippen molar-refractivity contribution in [3.63, 3.8) is 0 Å².